The lowest BCUT2D eigenvalue weighted by Crippen LogP contribution is -2.43. The van der Waals surface area contributed by atoms with E-state index in [1.54, 1.807) is 58.7 Å². The second-order valence-electron chi connectivity index (χ2n) is 16.1. The van der Waals surface area contributed by atoms with Crippen LogP contribution >= 0.6 is 8.53 Å². The Balaban J connectivity index is 1.48. The van der Waals surface area contributed by atoms with Crippen molar-refractivity contribution in [2.45, 2.75) is 83.3 Å². The summed E-state index contributed by atoms with van der Waals surface area (Å²) in [5, 5.41) is 12.3. The Bertz CT molecular complexity index is 2340. The minimum atomic E-state index is -1.88. The summed E-state index contributed by atoms with van der Waals surface area (Å²) in [5.41, 5.74) is 1.44. The molecule has 2 heterocycles. The highest BCUT2D eigenvalue weighted by Gasteiger charge is 2.51. The van der Waals surface area contributed by atoms with Crippen molar-refractivity contribution >= 4 is 20.3 Å². The number of ether oxygens (including phenoxy) is 6. The fourth-order valence-corrected chi connectivity index (χ4v) is 9.71. The van der Waals surface area contributed by atoms with E-state index in [9.17, 15) is 14.9 Å². The van der Waals surface area contributed by atoms with E-state index >= 15 is 0 Å². The maximum absolute atomic E-state index is 14.3. The van der Waals surface area contributed by atoms with Gasteiger partial charge in [-0.1, -0.05) is 72.8 Å². The van der Waals surface area contributed by atoms with Crippen molar-refractivity contribution in [3.63, 3.8) is 0 Å². The van der Waals surface area contributed by atoms with Crippen LogP contribution < -0.4 is 20.5 Å². The molecule has 0 aliphatic carbocycles. The van der Waals surface area contributed by atoms with Crippen molar-refractivity contribution in [2.75, 3.05) is 53.1 Å². The molecule has 5 atom stereocenters. The number of carbonyl (C=O) groups is 1. The van der Waals surface area contributed by atoms with Gasteiger partial charge in [-0.3, -0.25) is 9.36 Å². The Morgan fingerprint density at radius 1 is 0.833 bits per heavy atom. The van der Waals surface area contributed by atoms with Crippen molar-refractivity contribution in [2.24, 2.45) is 0 Å². The smallest absolute Gasteiger partial charge is 0.351 e. The molecule has 0 spiro atoms. The summed E-state index contributed by atoms with van der Waals surface area (Å²) < 4.78 is 54.6. The molecule has 6 rings (SSSR count). The Kier molecular flexibility index (Phi) is 18.0. The second kappa shape index (κ2) is 23.8. The van der Waals surface area contributed by atoms with Gasteiger partial charge in [0.05, 0.1) is 53.1 Å². The summed E-state index contributed by atoms with van der Waals surface area (Å²) >= 11 is 0. The van der Waals surface area contributed by atoms with Crippen molar-refractivity contribution in [1.82, 2.24) is 14.2 Å². The van der Waals surface area contributed by atoms with E-state index < -0.39 is 50.3 Å². The predicted octanol–water partition coefficient (Wildman–Crippen LogP) is 8.42. The summed E-state index contributed by atoms with van der Waals surface area (Å²) in [7, 11) is 2.94. The van der Waals surface area contributed by atoms with Crippen LogP contribution in [-0.2, 0) is 33.6 Å². The first-order valence-electron chi connectivity index (χ1n) is 21.9. The van der Waals surface area contributed by atoms with Crippen LogP contribution in [0, 0.1) is 18.3 Å². The van der Waals surface area contributed by atoms with Crippen LogP contribution in [0.3, 0.4) is 0 Å². The molecular formula is C50H60N5O10P. The number of rotatable bonds is 23. The van der Waals surface area contributed by atoms with Gasteiger partial charge in [0.25, 0.3) is 14.4 Å². The monoisotopic (exact) mass is 921 g/mol. The van der Waals surface area contributed by atoms with Crippen LogP contribution in [0.15, 0.2) is 120 Å². The average molecular weight is 922 g/mol. The Hall–Kier alpha value is -5.53. The van der Waals surface area contributed by atoms with E-state index in [1.165, 1.54) is 4.57 Å². The normalized spacial score (nSPS) is 17.8. The summed E-state index contributed by atoms with van der Waals surface area (Å²) in [4.78, 5) is 31.9. The Morgan fingerprint density at radius 3 is 1.95 bits per heavy atom. The first-order chi connectivity index (χ1) is 31.9. The highest BCUT2D eigenvalue weighted by atomic mass is 31.2. The zero-order valence-corrected chi connectivity index (χ0v) is 39.7. The number of aromatic nitrogens is 2. The number of nitrogens with zero attached hydrogens (tertiary/aromatic N) is 4. The van der Waals surface area contributed by atoms with Crippen LogP contribution in [0.1, 0.15) is 73.0 Å². The maximum Gasteiger partial charge on any atom is 0.351 e. The Morgan fingerprint density at radius 2 is 1.41 bits per heavy atom. The third-order valence-electron chi connectivity index (χ3n) is 11.1. The average Bonchev–Trinajstić information content (AvgIpc) is 3.66. The molecule has 0 saturated carbocycles. The Labute approximate surface area is 388 Å². The van der Waals surface area contributed by atoms with E-state index in [0.29, 0.717) is 22.6 Å². The summed E-state index contributed by atoms with van der Waals surface area (Å²) in [6, 6.07) is 36.1. The first-order valence-corrected chi connectivity index (χ1v) is 23.0. The van der Waals surface area contributed by atoms with Gasteiger partial charge in [0.2, 0.25) is 0 Å². The highest BCUT2D eigenvalue weighted by Crippen LogP contribution is 2.51. The molecule has 66 heavy (non-hydrogen) atoms. The number of carbonyl (C=O) groups excluding carboxylic acids is 1. The molecule has 16 heteroatoms. The zero-order valence-electron chi connectivity index (χ0n) is 38.8. The molecule has 0 bridgehead atoms. The van der Waals surface area contributed by atoms with E-state index in [0.717, 1.165) is 16.7 Å². The van der Waals surface area contributed by atoms with E-state index in [-0.39, 0.29) is 50.7 Å². The molecule has 350 valence electrons. The number of hydrogen-bond donors (Lipinski definition) is 1. The predicted molar refractivity (Wildman–Crippen MR) is 252 cm³/mol. The lowest BCUT2D eigenvalue weighted by molar-refractivity contribution is -0.107. The first kappa shape index (κ1) is 49.9. The number of amides is 1. The quantitative estimate of drug-likeness (QED) is 0.0378. The van der Waals surface area contributed by atoms with Gasteiger partial charge in [0.15, 0.2) is 6.23 Å². The molecule has 1 amide bonds. The van der Waals surface area contributed by atoms with Crippen LogP contribution in [0.4, 0.5) is 5.82 Å². The highest BCUT2D eigenvalue weighted by molar-refractivity contribution is 7.44. The van der Waals surface area contributed by atoms with E-state index in [1.807, 2.05) is 113 Å². The van der Waals surface area contributed by atoms with E-state index in [2.05, 4.69) is 21.0 Å². The van der Waals surface area contributed by atoms with Crippen LogP contribution in [0.5, 0.6) is 11.5 Å². The number of anilines is 1. The third kappa shape index (κ3) is 11.7. The van der Waals surface area contributed by atoms with E-state index in [4.69, 9.17) is 37.5 Å². The lowest BCUT2D eigenvalue weighted by atomic mass is 9.80. The third-order valence-corrected chi connectivity index (χ3v) is 13.2. The fourth-order valence-electron chi connectivity index (χ4n) is 7.97. The van der Waals surface area contributed by atoms with Gasteiger partial charge in [-0.25, -0.2) is 9.46 Å². The maximum atomic E-state index is 14.3. The number of hydrogen-bond acceptors (Lipinski definition) is 13. The number of benzene rings is 4. The molecule has 1 aliphatic rings. The molecule has 5 aromatic rings. The van der Waals surface area contributed by atoms with Gasteiger partial charge in [-0.2, -0.15) is 10.2 Å². The molecule has 1 aromatic heterocycles. The number of methoxy groups -OCH3 is 3. The van der Waals surface area contributed by atoms with Gasteiger partial charge < -0.3 is 42.8 Å². The van der Waals surface area contributed by atoms with Gasteiger partial charge in [-0.15, -0.1) is 0 Å². The molecule has 4 aromatic carbocycles. The van der Waals surface area contributed by atoms with Crippen LogP contribution in [-0.4, -0.2) is 98.3 Å². The molecule has 0 radical (unpaired) electrons. The van der Waals surface area contributed by atoms with Crippen molar-refractivity contribution in [3.8, 4) is 17.6 Å². The topological polar surface area (TPSA) is 165 Å². The second-order valence-corrected chi connectivity index (χ2v) is 17.5. The molecular weight excluding hydrogens is 862 g/mol. The van der Waals surface area contributed by atoms with Gasteiger partial charge in [-0.05, 0) is 87.7 Å². The standard InChI is InChI=1S/C50H60N5O10P/c1-34(2)55(35(3)4)66(63-29-15-28-51)65-45-44(61-31-30-58-6)43(64-48(45)54-32-36(5)46(53-49(54)57)52-47(56)37-16-11-9-12-17-37)33-62-50(38-18-13-10-14-19-38,39-20-24-41(59-7)25-21-39)40-22-26-42(60-8)27-23-40/h9-14,16-27,32,34-35,43-45,48H,15,29-31,33H2,1-8H3,(H,52,53,56,57)/t43-,44-,45-,48-,66?/m1/s1. The van der Waals surface area contributed by atoms with Gasteiger partial charge in [0.1, 0.15) is 41.2 Å². The number of nitriles is 1. The van der Waals surface area contributed by atoms with Crippen molar-refractivity contribution < 1.29 is 42.3 Å². The molecule has 1 N–H and O–H groups in total. The van der Waals surface area contributed by atoms with Crippen molar-refractivity contribution in [3.05, 3.63) is 154 Å². The number of aryl methyl sites for hydroxylation is 1. The largest absolute Gasteiger partial charge is 0.497 e. The minimum absolute atomic E-state index is 0.0365. The molecule has 15 nitrogen and oxygen atoms in total. The lowest BCUT2D eigenvalue weighted by Gasteiger charge is -2.38. The van der Waals surface area contributed by atoms with Gasteiger partial charge >= 0.3 is 5.69 Å². The molecule has 1 fully saturated rings. The molecule has 1 unspecified atom stereocenters. The van der Waals surface area contributed by atoms with Crippen LogP contribution in [0.25, 0.3) is 0 Å². The van der Waals surface area contributed by atoms with Gasteiger partial charge in [0, 0.05) is 36.5 Å². The molecule has 1 saturated heterocycles. The SMILES string of the molecule is COCCO[C@H]1[C@@H](OP(OCCC#N)N(C(C)C)C(C)C)[C@H](n2cc(C)c(NC(=O)c3ccccc3)nc2=O)O[C@@H]1COC(c1ccccc1)(c1ccc(OC)cc1)c1ccc(OC)cc1. The van der Waals surface area contributed by atoms with Crippen LogP contribution in [0.2, 0.25) is 0 Å². The van der Waals surface area contributed by atoms with Crippen molar-refractivity contribution in [1.29, 1.82) is 5.26 Å². The molecule has 1 aliphatic heterocycles. The summed E-state index contributed by atoms with van der Waals surface area (Å²) in [5.74, 6) is 1.04. The summed E-state index contributed by atoms with van der Waals surface area (Å²) in [6.45, 7) is 10.4. The minimum Gasteiger partial charge on any atom is -0.497 e. The fraction of sp³-hybridized carbons (Fsp3) is 0.400. The zero-order chi connectivity index (χ0) is 47.2. The number of nitrogens with one attached hydrogen (secondary N) is 1. The summed E-state index contributed by atoms with van der Waals surface area (Å²) in [6.07, 6.45) is -2.15.